The zero-order valence-corrected chi connectivity index (χ0v) is 18.3. The zero-order valence-electron chi connectivity index (χ0n) is 18.3. The lowest BCUT2D eigenvalue weighted by atomic mass is 9.70. The first-order valence-electron chi connectivity index (χ1n) is 11.3. The van der Waals surface area contributed by atoms with Crippen LogP contribution in [0.1, 0.15) is 124 Å². The van der Waals surface area contributed by atoms with Gasteiger partial charge in [0.25, 0.3) is 0 Å². The molecule has 27 heavy (non-hydrogen) atoms. The Morgan fingerprint density at radius 3 is 0.926 bits per heavy atom. The Hall–Kier alpha value is -1.06. The molecule has 2 N–H and O–H groups in total. The molecule has 4 nitrogen and oxygen atoms in total. The first-order valence-corrected chi connectivity index (χ1v) is 11.3. The molecule has 0 amide bonds. The van der Waals surface area contributed by atoms with Crippen molar-refractivity contribution in [2.24, 2.45) is 10.8 Å². The van der Waals surface area contributed by atoms with Gasteiger partial charge < -0.3 is 10.2 Å². The van der Waals surface area contributed by atoms with Gasteiger partial charge in [0, 0.05) is 0 Å². The van der Waals surface area contributed by atoms with Gasteiger partial charge >= 0.3 is 11.9 Å². The highest BCUT2D eigenvalue weighted by molar-refractivity contribution is 5.75. The molecule has 4 heteroatoms. The van der Waals surface area contributed by atoms with Crippen LogP contribution in [0.4, 0.5) is 0 Å². The fourth-order valence-corrected chi connectivity index (χ4v) is 4.22. The minimum Gasteiger partial charge on any atom is -0.481 e. The Balaban J connectivity index is 5.25. The van der Waals surface area contributed by atoms with Crippen molar-refractivity contribution in [3.63, 3.8) is 0 Å². The molecule has 0 saturated heterocycles. The van der Waals surface area contributed by atoms with Crippen molar-refractivity contribution in [1.82, 2.24) is 0 Å². The van der Waals surface area contributed by atoms with Crippen LogP contribution in [0.3, 0.4) is 0 Å². The number of carboxylic acid groups (broad SMARTS) is 2. The summed E-state index contributed by atoms with van der Waals surface area (Å²) in [6.07, 6.45) is 12.4. The second kappa shape index (κ2) is 14.0. The third-order valence-corrected chi connectivity index (χ3v) is 6.25. The summed E-state index contributed by atoms with van der Waals surface area (Å²) in [6.45, 7) is 8.38. The molecule has 0 saturated carbocycles. The van der Waals surface area contributed by atoms with Crippen molar-refractivity contribution in [2.45, 2.75) is 124 Å². The summed E-state index contributed by atoms with van der Waals surface area (Å²) >= 11 is 0. The molecule has 0 aromatic rings. The van der Waals surface area contributed by atoms with Crippen LogP contribution in [0.2, 0.25) is 0 Å². The molecule has 0 fully saturated rings. The Labute approximate surface area is 167 Å². The van der Waals surface area contributed by atoms with E-state index in [1.165, 1.54) is 0 Å². The van der Waals surface area contributed by atoms with Gasteiger partial charge in [0.1, 0.15) is 0 Å². The molecule has 0 radical (unpaired) electrons. The van der Waals surface area contributed by atoms with Crippen molar-refractivity contribution in [2.75, 3.05) is 0 Å². The van der Waals surface area contributed by atoms with Crippen LogP contribution in [0.5, 0.6) is 0 Å². The molecule has 160 valence electrons. The lowest BCUT2D eigenvalue weighted by Gasteiger charge is -2.33. The first kappa shape index (κ1) is 25.9. The first-order chi connectivity index (χ1) is 12.8. The summed E-state index contributed by atoms with van der Waals surface area (Å²) in [6, 6.07) is 0. The van der Waals surface area contributed by atoms with Gasteiger partial charge in [-0.15, -0.1) is 0 Å². The van der Waals surface area contributed by atoms with E-state index in [9.17, 15) is 19.8 Å². The summed E-state index contributed by atoms with van der Waals surface area (Å²) in [5.74, 6) is -1.38. The third kappa shape index (κ3) is 8.66. The monoisotopic (exact) mass is 384 g/mol. The van der Waals surface area contributed by atoms with E-state index < -0.39 is 22.8 Å². The highest BCUT2D eigenvalue weighted by Gasteiger charge is 2.40. The van der Waals surface area contributed by atoms with E-state index in [4.69, 9.17) is 0 Å². The Morgan fingerprint density at radius 2 is 0.741 bits per heavy atom. The van der Waals surface area contributed by atoms with E-state index in [-0.39, 0.29) is 0 Å². The number of hydrogen-bond donors (Lipinski definition) is 2. The van der Waals surface area contributed by atoms with Crippen LogP contribution >= 0.6 is 0 Å². The van der Waals surface area contributed by atoms with Crippen molar-refractivity contribution < 1.29 is 19.8 Å². The maximum absolute atomic E-state index is 12.2. The average molecular weight is 385 g/mol. The van der Waals surface area contributed by atoms with E-state index >= 15 is 0 Å². The van der Waals surface area contributed by atoms with Crippen LogP contribution in [-0.2, 0) is 9.59 Å². The normalized spacial score (nSPS) is 12.3. The zero-order chi connectivity index (χ0) is 20.8. The molecule has 0 aliphatic carbocycles. The second-order valence-electron chi connectivity index (χ2n) is 8.44. The molecule has 0 aliphatic rings. The lowest BCUT2D eigenvalue weighted by Crippen LogP contribution is -2.34. The minimum absolute atomic E-state index is 0.607. The number of rotatable bonds is 18. The summed E-state index contributed by atoms with van der Waals surface area (Å²) < 4.78 is 0. The highest BCUT2D eigenvalue weighted by Crippen LogP contribution is 2.42. The Bertz CT molecular complexity index is 363. The van der Waals surface area contributed by atoms with Crippen LogP contribution in [0.15, 0.2) is 0 Å². The van der Waals surface area contributed by atoms with Crippen LogP contribution < -0.4 is 0 Å². The highest BCUT2D eigenvalue weighted by atomic mass is 16.4. The van der Waals surface area contributed by atoms with Gasteiger partial charge in [-0.3, -0.25) is 9.59 Å². The summed E-state index contributed by atoms with van der Waals surface area (Å²) in [7, 11) is 0. The van der Waals surface area contributed by atoms with E-state index in [1.807, 2.05) is 0 Å². The van der Waals surface area contributed by atoms with E-state index in [0.717, 1.165) is 51.4 Å². The molecular formula is C23H44O4. The van der Waals surface area contributed by atoms with Crippen molar-refractivity contribution in [1.29, 1.82) is 0 Å². The van der Waals surface area contributed by atoms with Gasteiger partial charge in [-0.25, -0.2) is 0 Å². The summed E-state index contributed by atoms with van der Waals surface area (Å²) in [5.41, 5.74) is -1.35. The number of carboxylic acids is 2. The standard InChI is InChI=1S/C23H44O4/c1-5-9-14-22(20(24)25,15-10-6-2)18-13-19-23(21(26)27,16-11-7-3)17-12-8-4/h5-19H2,1-4H3,(H,24,25)(H,26,27). The van der Waals surface area contributed by atoms with E-state index in [0.29, 0.717) is 44.9 Å². The van der Waals surface area contributed by atoms with Gasteiger partial charge in [0.05, 0.1) is 10.8 Å². The molecule has 0 unspecified atom stereocenters. The molecule has 0 aromatic carbocycles. The maximum atomic E-state index is 12.2. The largest absolute Gasteiger partial charge is 0.481 e. The fraction of sp³-hybridized carbons (Fsp3) is 0.913. The Kier molecular flexibility index (Phi) is 13.5. The third-order valence-electron chi connectivity index (χ3n) is 6.25. The SMILES string of the molecule is CCCCC(CCCC)(CCCC(CCCC)(CCCC)C(=O)O)C(=O)O. The van der Waals surface area contributed by atoms with Gasteiger partial charge in [0.2, 0.25) is 0 Å². The molecule has 0 bridgehead atoms. The summed E-state index contributed by atoms with van der Waals surface area (Å²) in [5, 5.41) is 20.0. The smallest absolute Gasteiger partial charge is 0.309 e. The van der Waals surface area contributed by atoms with E-state index in [2.05, 4.69) is 27.7 Å². The fourth-order valence-electron chi connectivity index (χ4n) is 4.22. The molecule has 0 aliphatic heterocycles. The lowest BCUT2D eigenvalue weighted by molar-refractivity contribution is -0.152. The molecule has 0 aromatic heterocycles. The van der Waals surface area contributed by atoms with Crippen molar-refractivity contribution in [3.8, 4) is 0 Å². The predicted molar refractivity (Wildman–Crippen MR) is 112 cm³/mol. The number of hydrogen-bond acceptors (Lipinski definition) is 2. The van der Waals surface area contributed by atoms with Gasteiger partial charge in [0.15, 0.2) is 0 Å². The van der Waals surface area contributed by atoms with Crippen LogP contribution in [-0.4, -0.2) is 22.2 Å². The van der Waals surface area contributed by atoms with Crippen molar-refractivity contribution >= 4 is 11.9 Å². The number of aliphatic carboxylic acids is 2. The minimum atomic E-state index is -0.688. The number of unbranched alkanes of at least 4 members (excludes halogenated alkanes) is 4. The Morgan fingerprint density at radius 1 is 0.519 bits per heavy atom. The molecule has 0 heterocycles. The average Bonchev–Trinajstić information content (AvgIpc) is 2.64. The van der Waals surface area contributed by atoms with Gasteiger partial charge in [-0.1, -0.05) is 85.5 Å². The number of carbonyl (C=O) groups is 2. The van der Waals surface area contributed by atoms with Crippen LogP contribution in [0.25, 0.3) is 0 Å². The van der Waals surface area contributed by atoms with Crippen LogP contribution in [0, 0.1) is 10.8 Å². The van der Waals surface area contributed by atoms with Crippen molar-refractivity contribution in [3.05, 3.63) is 0 Å². The molecule has 0 rings (SSSR count). The van der Waals surface area contributed by atoms with Gasteiger partial charge in [-0.2, -0.15) is 0 Å². The maximum Gasteiger partial charge on any atom is 0.309 e. The summed E-state index contributed by atoms with van der Waals surface area (Å²) in [4.78, 5) is 24.3. The predicted octanol–water partition coefficient (Wildman–Crippen LogP) is 7.06. The molecule has 0 atom stereocenters. The quantitative estimate of drug-likeness (QED) is 0.265. The molecule has 0 spiro atoms. The van der Waals surface area contributed by atoms with E-state index in [1.54, 1.807) is 0 Å². The molecular weight excluding hydrogens is 340 g/mol. The second-order valence-corrected chi connectivity index (χ2v) is 8.44. The van der Waals surface area contributed by atoms with Gasteiger partial charge in [-0.05, 0) is 38.5 Å². The topological polar surface area (TPSA) is 74.6 Å².